The summed E-state index contributed by atoms with van der Waals surface area (Å²) in [7, 11) is 0. The molecule has 3 heterocycles. The molecular formula is C19H18N4O2. The Morgan fingerprint density at radius 2 is 1.84 bits per heavy atom. The number of nitrogens with one attached hydrogen (secondary N) is 1. The van der Waals surface area contributed by atoms with Crippen molar-refractivity contribution in [3.63, 3.8) is 0 Å². The van der Waals surface area contributed by atoms with E-state index >= 15 is 0 Å². The van der Waals surface area contributed by atoms with Crippen LogP contribution in [0.4, 0.5) is 11.5 Å². The van der Waals surface area contributed by atoms with Crippen LogP contribution in [0.15, 0.2) is 54.9 Å². The van der Waals surface area contributed by atoms with Gasteiger partial charge < -0.3 is 15.0 Å². The normalized spacial score (nSPS) is 14.5. The molecule has 1 aliphatic heterocycles. The number of para-hydroxylation sites is 1. The van der Waals surface area contributed by atoms with Gasteiger partial charge in [0.2, 0.25) is 0 Å². The van der Waals surface area contributed by atoms with E-state index in [1.807, 2.05) is 42.5 Å². The molecule has 4 rings (SSSR count). The predicted molar refractivity (Wildman–Crippen MR) is 97.0 cm³/mol. The summed E-state index contributed by atoms with van der Waals surface area (Å²) in [5.41, 5.74) is 2.22. The van der Waals surface area contributed by atoms with Crippen molar-refractivity contribution in [3.05, 3.63) is 60.4 Å². The first-order valence-corrected chi connectivity index (χ1v) is 8.26. The van der Waals surface area contributed by atoms with E-state index in [0.717, 1.165) is 24.2 Å². The van der Waals surface area contributed by atoms with Gasteiger partial charge in [-0.1, -0.05) is 18.2 Å². The number of ether oxygens (including phenoxy) is 1. The number of morpholine rings is 1. The molecule has 0 spiro atoms. The number of amides is 1. The lowest BCUT2D eigenvalue weighted by Crippen LogP contribution is -2.37. The van der Waals surface area contributed by atoms with Crippen LogP contribution in [-0.2, 0) is 4.74 Å². The number of hydrogen-bond donors (Lipinski definition) is 1. The highest BCUT2D eigenvalue weighted by Crippen LogP contribution is 2.24. The van der Waals surface area contributed by atoms with Gasteiger partial charge in [0, 0.05) is 36.6 Å². The van der Waals surface area contributed by atoms with Crippen LogP contribution in [0.5, 0.6) is 0 Å². The third-order valence-electron chi connectivity index (χ3n) is 4.25. The fourth-order valence-corrected chi connectivity index (χ4v) is 3.02. The van der Waals surface area contributed by atoms with Gasteiger partial charge in [-0.05, 0) is 24.3 Å². The first-order chi connectivity index (χ1) is 12.3. The lowest BCUT2D eigenvalue weighted by atomic mass is 10.1. The van der Waals surface area contributed by atoms with Gasteiger partial charge in [0.05, 0.1) is 18.8 Å². The molecule has 1 aromatic carbocycles. The SMILES string of the molecule is O=C(Nc1nccc2cccnc12)c1ccccc1N1CCOCC1. The number of carbonyl (C=O) groups excluding carboxylic acids is 1. The lowest BCUT2D eigenvalue weighted by Gasteiger charge is -2.30. The van der Waals surface area contributed by atoms with Crippen molar-refractivity contribution >= 4 is 28.3 Å². The van der Waals surface area contributed by atoms with Crippen LogP contribution in [0.25, 0.3) is 10.9 Å². The standard InChI is InChI=1S/C19H18N4O2/c24-19(22-18-17-14(7-9-21-18)4-3-8-20-17)15-5-1-2-6-16(15)23-10-12-25-13-11-23/h1-9H,10-13H2,(H,21,22,24). The number of hydrogen-bond acceptors (Lipinski definition) is 5. The molecule has 0 radical (unpaired) electrons. The maximum absolute atomic E-state index is 12.9. The third kappa shape index (κ3) is 3.16. The summed E-state index contributed by atoms with van der Waals surface area (Å²) in [4.78, 5) is 23.7. The molecule has 3 aromatic rings. The number of pyridine rings is 2. The van der Waals surface area contributed by atoms with Crippen molar-refractivity contribution in [2.24, 2.45) is 0 Å². The molecule has 0 atom stereocenters. The molecule has 2 aromatic heterocycles. The van der Waals surface area contributed by atoms with E-state index in [0.29, 0.717) is 30.1 Å². The second-order valence-electron chi connectivity index (χ2n) is 5.81. The maximum atomic E-state index is 12.9. The second-order valence-corrected chi connectivity index (χ2v) is 5.81. The Bertz CT molecular complexity index is 901. The first kappa shape index (κ1) is 15.5. The van der Waals surface area contributed by atoms with Gasteiger partial charge in [0.1, 0.15) is 5.52 Å². The van der Waals surface area contributed by atoms with E-state index in [-0.39, 0.29) is 5.91 Å². The summed E-state index contributed by atoms with van der Waals surface area (Å²) < 4.78 is 5.40. The molecule has 0 unspecified atom stereocenters. The van der Waals surface area contributed by atoms with Gasteiger partial charge in [0.15, 0.2) is 5.82 Å². The molecule has 0 bridgehead atoms. The molecule has 1 saturated heterocycles. The Hall–Kier alpha value is -2.99. The van der Waals surface area contributed by atoms with Crippen LogP contribution < -0.4 is 10.2 Å². The molecule has 0 saturated carbocycles. The zero-order valence-corrected chi connectivity index (χ0v) is 13.7. The van der Waals surface area contributed by atoms with Gasteiger partial charge in [-0.25, -0.2) is 4.98 Å². The predicted octanol–water partition coefficient (Wildman–Crippen LogP) is 2.72. The minimum absolute atomic E-state index is 0.187. The van der Waals surface area contributed by atoms with Crippen LogP contribution >= 0.6 is 0 Å². The highest BCUT2D eigenvalue weighted by molar-refractivity contribution is 6.10. The van der Waals surface area contributed by atoms with E-state index in [1.54, 1.807) is 12.4 Å². The summed E-state index contributed by atoms with van der Waals surface area (Å²) in [5.74, 6) is 0.285. The highest BCUT2D eigenvalue weighted by Gasteiger charge is 2.19. The number of anilines is 2. The average molecular weight is 334 g/mol. The summed E-state index contributed by atoms with van der Waals surface area (Å²) in [6.07, 6.45) is 3.37. The first-order valence-electron chi connectivity index (χ1n) is 8.26. The molecular weight excluding hydrogens is 316 g/mol. The second kappa shape index (κ2) is 6.86. The van der Waals surface area contributed by atoms with Crippen molar-refractivity contribution in [1.29, 1.82) is 0 Å². The van der Waals surface area contributed by atoms with Crippen LogP contribution in [0.3, 0.4) is 0 Å². The molecule has 1 amide bonds. The van der Waals surface area contributed by atoms with E-state index in [4.69, 9.17) is 4.74 Å². The van der Waals surface area contributed by atoms with Crippen molar-refractivity contribution in [1.82, 2.24) is 9.97 Å². The number of fused-ring (bicyclic) bond motifs is 1. The van der Waals surface area contributed by atoms with Gasteiger partial charge in [-0.2, -0.15) is 0 Å². The van der Waals surface area contributed by atoms with Crippen LogP contribution in [0.2, 0.25) is 0 Å². The molecule has 6 heteroatoms. The molecule has 6 nitrogen and oxygen atoms in total. The van der Waals surface area contributed by atoms with Crippen LogP contribution in [0, 0.1) is 0 Å². The number of carbonyl (C=O) groups is 1. The zero-order chi connectivity index (χ0) is 17.1. The Morgan fingerprint density at radius 3 is 2.72 bits per heavy atom. The largest absolute Gasteiger partial charge is 0.378 e. The lowest BCUT2D eigenvalue weighted by molar-refractivity contribution is 0.102. The van der Waals surface area contributed by atoms with E-state index in [9.17, 15) is 4.79 Å². The van der Waals surface area contributed by atoms with Gasteiger partial charge in [0.25, 0.3) is 5.91 Å². The zero-order valence-electron chi connectivity index (χ0n) is 13.7. The van der Waals surface area contributed by atoms with Crippen molar-refractivity contribution in [3.8, 4) is 0 Å². The minimum atomic E-state index is -0.187. The Kier molecular flexibility index (Phi) is 4.26. The minimum Gasteiger partial charge on any atom is -0.378 e. The molecule has 25 heavy (non-hydrogen) atoms. The molecule has 1 aliphatic rings. The number of rotatable bonds is 3. The summed E-state index contributed by atoms with van der Waals surface area (Å²) in [6.45, 7) is 2.90. The van der Waals surface area contributed by atoms with Gasteiger partial charge >= 0.3 is 0 Å². The quantitative estimate of drug-likeness (QED) is 0.798. The van der Waals surface area contributed by atoms with E-state index in [2.05, 4.69) is 20.2 Å². The summed E-state index contributed by atoms with van der Waals surface area (Å²) >= 11 is 0. The topological polar surface area (TPSA) is 67.4 Å². The third-order valence-corrected chi connectivity index (χ3v) is 4.25. The fraction of sp³-hybridized carbons (Fsp3) is 0.211. The van der Waals surface area contributed by atoms with Crippen molar-refractivity contribution in [2.75, 3.05) is 36.5 Å². The average Bonchev–Trinajstić information content (AvgIpc) is 2.69. The van der Waals surface area contributed by atoms with Crippen molar-refractivity contribution in [2.45, 2.75) is 0 Å². The smallest absolute Gasteiger partial charge is 0.258 e. The van der Waals surface area contributed by atoms with E-state index < -0.39 is 0 Å². The monoisotopic (exact) mass is 334 g/mol. The van der Waals surface area contributed by atoms with E-state index in [1.165, 1.54) is 0 Å². The number of aromatic nitrogens is 2. The summed E-state index contributed by atoms with van der Waals surface area (Å²) in [6, 6.07) is 13.3. The van der Waals surface area contributed by atoms with Crippen LogP contribution in [-0.4, -0.2) is 42.2 Å². The molecule has 1 N–H and O–H groups in total. The Labute approximate surface area is 145 Å². The molecule has 126 valence electrons. The number of benzene rings is 1. The maximum Gasteiger partial charge on any atom is 0.258 e. The van der Waals surface area contributed by atoms with Crippen LogP contribution in [0.1, 0.15) is 10.4 Å². The van der Waals surface area contributed by atoms with Gasteiger partial charge in [-0.15, -0.1) is 0 Å². The summed E-state index contributed by atoms with van der Waals surface area (Å²) in [5, 5.41) is 3.85. The Morgan fingerprint density at radius 1 is 1.00 bits per heavy atom. The number of nitrogens with zero attached hydrogens (tertiary/aromatic N) is 3. The molecule has 0 aliphatic carbocycles. The van der Waals surface area contributed by atoms with Crippen molar-refractivity contribution < 1.29 is 9.53 Å². The Balaban J connectivity index is 1.65. The fourth-order valence-electron chi connectivity index (χ4n) is 3.02. The van der Waals surface area contributed by atoms with Gasteiger partial charge in [-0.3, -0.25) is 9.78 Å². The molecule has 1 fully saturated rings. The highest BCUT2D eigenvalue weighted by atomic mass is 16.5.